The highest BCUT2D eigenvalue weighted by Gasteiger charge is 2.46. The van der Waals surface area contributed by atoms with Gasteiger partial charge in [-0.2, -0.15) is 0 Å². The van der Waals surface area contributed by atoms with E-state index >= 15 is 0 Å². The normalized spacial score (nSPS) is 27.0. The average Bonchev–Trinajstić information content (AvgIpc) is 3.19. The molecule has 1 aliphatic heterocycles. The Hall–Kier alpha value is -3.09. The van der Waals surface area contributed by atoms with E-state index in [2.05, 4.69) is 5.32 Å². The topological polar surface area (TPSA) is 155 Å². The number of aliphatic hydroxyl groups excluding tert-OH is 3. The summed E-state index contributed by atoms with van der Waals surface area (Å²) in [5.74, 6) is -1.70. The number of carbonyl (C=O) groups excluding carboxylic acids is 1. The first-order chi connectivity index (χ1) is 17.2. The Kier molecular flexibility index (Phi) is 7.86. The molecule has 0 bridgehead atoms. The van der Waals surface area contributed by atoms with Crippen molar-refractivity contribution in [1.29, 1.82) is 0 Å². The number of carboxylic acids is 1. The number of hydrogen-bond donors (Lipinski definition) is 5. The summed E-state index contributed by atoms with van der Waals surface area (Å²) >= 11 is 0. The predicted octanol–water partition coefficient (Wildman–Crippen LogP) is 1.16. The third kappa shape index (κ3) is 5.06. The fourth-order valence-corrected chi connectivity index (χ4v) is 4.59. The number of alkyl carbamates (subject to hydrolysis) is 1. The molecule has 194 valence electrons. The number of carboxylic acid groups (broad SMARTS) is 1. The second kappa shape index (κ2) is 10.9. The Morgan fingerprint density at radius 1 is 1.06 bits per heavy atom. The van der Waals surface area contributed by atoms with Gasteiger partial charge in [0.2, 0.25) is 0 Å². The Morgan fingerprint density at radius 2 is 1.64 bits per heavy atom. The number of ether oxygens (including phenoxy) is 3. The lowest BCUT2D eigenvalue weighted by atomic mass is 9.98. The monoisotopic (exact) mass is 505 g/mol. The first kappa shape index (κ1) is 26.0. The maximum atomic E-state index is 14.4. The Balaban J connectivity index is 1.39. The van der Waals surface area contributed by atoms with Crippen molar-refractivity contribution in [2.45, 2.75) is 55.8 Å². The van der Waals surface area contributed by atoms with Crippen molar-refractivity contribution < 1.29 is 48.6 Å². The molecule has 36 heavy (non-hydrogen) atoms. The fourth-order valence-electron chi connectivity index (χ4n) is 4.59. The van der Waals surface area contributed by atoms with E-state index in [4.69, 9.17) is 14.2 Å². The van der Waals surface area contributed by atoms with Crippen molar-refractivity contribution in [3.05, 3.63) is 59.7 Å². The lowest BCUT2D eigenvalue weighted by Crippen LogP contribution is -2.59. The third-order valence-corrected chi connectivity index (χ3v) is 6.51. The summed E-state index contributed by atoms with van der Waals surface area (Å²) < 4.78 is 30.2. The van der Waals surface area contributed by atoms with Gasteiger partial charge in [-0.3, -0.25) is 0 Å². The first-order valence-electron chi connectivity index (χ1n) is 11.5. The van der Waals surface area contributed by atoms with Crippen molar-refractivity contribution in [3.63, 3.8) is 0 Å². The number of alkyl halides is 1. The number of hydrogen-bond acceptors (Lipinski definition) is 8. The van der Waals surface area contributed by atoms with Crippen LogP contribution in [0.2, 0.25) is 0 Å². The molecule has 1 saturated heterocycles. The predicted molar refractivity (Wildman–Crippen MR) is 123 cm³/mol. The van der Waals surface area contributed by atoms with Gasteiger partial charge in [-0.15, -0.1) is 0 Å². The molecule has 2 aromatic carbocycles. The molecule has 1 fully saturated rings. The summed E-state index contributed by atoms with van der Waals surface area (Å²) in [6.07, 6.45) is -11.3. The van der Waals surface area contributed by atoms with Gasteiger partial charge in [-0.05, 0) is 29.2 Å². The van der Waals surface area contributed by atoms with Crippen molar-refractivity contribution in [1.82, 2.24) is 5.32 Å². The van der Waals surface area contributed by atoms with Crippen LogP contribution in [-0.4, -0.2) is 88.6 Å². The maximum Gasteiger partial charge on any atom is 0.407 e. The molecule has 0 saturated carbocycles. The van der Waals surface area contributed by atoms with E-state index in [1.165, 1.54) is 6.92 Å². The minimum Gasteiger partial charge on any atom is -0.480 e. The Labute approximate surface area is 206 Å². The molecule has 1 heterocycles. The summed E-state index contributed by atoms with van der Waals surface area (Å²) in [6, 6.07) is 13.8. The molecular formula is C25H28FNO9. The van der Waals surface area contributed by atoms with Gasteiger partial charge >= 0.3 is 12.1 Å². The lowest BCUT2D eigenvalue weighted by molar-refractivity contribution is -0.297. The van der Waals surface area contributed by atoms with Crippen LogP contribution in [0.5, 0.6) is 0 Å². The van der Waals surface area contributed by atoms with Gasteiger partial charge in [0.05, 0.1) is 12.7 Å². The number of amides is 1. The molecule has 7 atom stereocenters. The molecule has 2 aromatic rings. The van der Waals surface area contributed by atoms with Crippen molar-refractivity contribution in [2.75, 3.05) is 13.2 Å². The highest BCUT2D eigenvalue weighted by Crippen LogP contribution is 2.44. The number of aliphatic carboxylic acids is 1. The van der Waals surface area contributed by atoms with E-state index in [0.717, 1.165) is 22.3 Å². The van der Waals surface area contributed by atoms with Gasteiger partial charge < -0.3 is 40.0 Å². The van der Waals surface area contributed by atoms with Crippen LogP contribution in [0.25, 0.3) is 11.1 Å². The van der Waals surface area contributed by atoms with Crippen molar-refractivity contribution in [2.24, 2.45) is 0 Å². The van der Waals surface area contributed by atoms with Crippen molar-refractivity contribution >= 4 is 12.1 Å². The van der Waals surface area contributed by atoms with E-state index in [1.807, 2.05) is 48.5 Å². The van der Waals surface area contributed by atoms with E-state index in [9.17, 15) is 34.4 Å². The quantitative estimate of drug-likeness (QED) is 0.355. The van der Waals surface area contributed by atoms with E-state index in [-0.39, 0.29) is 12.5 Å². The SMILES string of the molecule is C[C@@H](O[C@H]1O[C@H](CO)[C@@H](O)[C@H](O)[C@H]1F)[C@H](NC(=O)OCC1c2ccccc2-c2ccccc21)C(=O)O. The van der Waals surface area contributed by atoms with Crippen LogP contribution in [-0.2, 0) is 19.0 Å². The number of halogens is 1. The van der Waals surface area contributed by atoms with E-state index < -0.39 is 61.6 Å². The molecule has 4 rings (SSSR count). The summed E-state index contributed by atoms with van der Waals surface area (Å²) in [4.78, 5) is 24.3. The number of benzene rings is 2. The fraction of sp³-hybridized carbons (Fsp3) is 0.440. The van der Waals surface area contributed by atoms with Gasteiger partial charge in [0.15, 0.2) is 18.5 Å². The number of fused-ring (bicyclic) bond motifs is 3. The van der Waals surface area contributed by atoms with Gasteiger partial charge in [-0.25, -0.2) is 14.0 Å². The molecule has 0 radical (unpaired) electrons. The average molecular weight is 505 g/mol. The largest absolute Gasteiger partial charge is 0.480 e. The summed E-state index contributed by atoms with van der Waals surface area (Å²) in [5, 5.41) is 40.7. The summed E-state index contributed by atoms with van der Waals surface area (Å²) in [6.45, 7) is 0.505. The zero-order valence-electron chi connectivity index (χ0n) is 19.4. The molecule has 0 aromatic heterocycles. The van der Waals surface area contributed by atoms with Crippen LogP contribution in [0.3, 0.4) is 0 Å². The Bertz CT molecular complexity index is 1050. The lowest BCUT2D eigenvalue weighted by Gasteiger charge is -2.39. The van der Waals surface area contributed by atoms with Crippen LogP contribution in [0.15, 0.2) is 48.5 Å². The maximum absolute atomic E-state index is 14.4. The standard InChI is InChI=1S/C25H28FNO9/c1-12(35-24-19(26)22(30)21(29)18(10-28)36-24)20(23(31)32)27-25(33)34-11-17-15-8-4-2-6-13(15)14-7-3-5-9-16(14)17/h2-9,12,17-22,24,28-30H,10-11H2,1H3,(H,27,33)(H,31,32)/t12-,18-,19-,20+,21-,22-,24+/m1/s1. The minimum absolute atomic E-state index is 0.0397. The zero-order chi connectivity index (χ0) is 26.0. The smallest absolute Gasteiger partial charge is 0.407 e. The number of carbonyl (C=O) groups is 2. The molecule has 2 aliphatic rings. The molecule has 1 aliphatic carbocycles. The molecule has 1 amide bonds. The molecule has 10 nitrogen and oxygen atoms in total. The van der Waals surface area contributed by atoms with Crippen LogP contribution < -0.4 is 5.32 Å². The van der Waals surface area contributed by atoms with Gasteiger partial charge in [0.25, 0.3) is 0 Å². The van der Waals surface area contributed by atoms with Gasteiger partial charge in [0, 0.05) is 5.92 Å². The number of aliphatic hydroxyl groups is 3. The van der Waals surface area contributed by atoms with Crippen LogP contribution in [0.4, 0.5) is 9.18 Å². The molecule has 0 unspecified atom stereocenters. The summed E-state index contributed by atoms with van der Waals surface area (Å²) in [7, 11) is 0. The molecular weight excluding hydrogens is 477 g/mol. The molecule has 0 spiro atoms. The van der Waals surface area contributed by atoms with Crippen LogP contribution in [0, 0.1) is 0 Å². The number of nitrogens with one attached hydrogen (secondary N) is 1. The second-order valence-corrected chi connectivity index (χ2v) is 8.78. The van der Waals surface area contributed by atoms with E-state index in [1.54, 1.807) is 0 Å². The Morgan fingerprint density at radius 3 is 2.19 bits per heavy atom. The second-order valence-electron chi connectivity index (χ2n) is 8.78. The third-order valence-electron chi connectivity index (χ3n) is 6.51. The van der Waals surface area contributed by atoms with E-state index in [0.29, 0.717) is 0 Å². The highest BCUT2D eigenvalue weighted by atomic mass is 19.1. The van der Waals surface area contributed by atoms with Crippen LogP contribution >= 0.6 is 0 Å². The highest BCUT2D eigenvalue weighted by molar-refractivity contribution is 5.81. The molecule has 11 heteroatoms. The van der Waals surface area contributed by atoms with Gasteiger partial charge in [-0.1, -0.05) is 48.5 Å². The zero-order valence-corrected chi connectivity index (χ0v) is 19.4. The first-order valence-corrected chi connectivity index (χ1v) is 11.5. The molecule has 5 N–H and O–H groups in total. The van der Waals surface area contributed by atoms with Crippen LogP contribution in [0.1, 0.15) is 24.0 Å². The minimum atomic E-state index is -2.21. The number of rotatable bonds is 8. The summed E-state index contributed by atoms with van der Waals surface area (Å²) in [5.41, 5.74) is 4.05. The van der Waals surface area contributed by atoms with Gasteiger partial charge in [0.1, 0.15) is 24.9 Å². The van der Waals surface area contributed by atoms with Crippen molar-refractivity contribution in [3.8, 4) is 11.1 Å².